The van der Waals surface area contributed by atoms with Gasteiger partial charge in [0.1, 0.15) is 0 Å². The summed E-state index contributed by atoms with van der Waals surface area (Å²) in [5.74, 6) is 0. The van der Waals surface area contributed by atoms with E-state index < -0.39 is 0 Å². The van der Waals surface area contributed by atoms with Crippen molar-refractivity contribution in [1.29, 1.82) is 0 Å². The second-order valence-corrected chi connectivity index (χ2v) is 5.52. The predicted molar refractivity (Wildman–Crippen MR) is 85.4 cm³/mol. The number of nitrogens with zero attached hydrogens (tertiary/aromatic N) is 1. The number of nitrogens with two attached hydrogens (primary N) is 1. The second-order valence-electron chi connectivity index (χ2n) is 4.67. The van der Waals surface area contributed by atoms with Crippen LogP contribution in [-0.4, -0.2) is 13.6 Å². The van der Waals surface area contributed by atoms with Crippen molar-refractivity contribution in [3.05, 3.63) is 64.1 Å². The first kappa shape index (κ1) is 14.1. The number of hydrogen-bond donors (Lipinski definition) is 1. The smallest absolute Gasteiger partial charge is 0.0511 e. The molecule has 0 aromatic heterocycles. The largest absolute Gasteiger partial charge is 0.369 e. The average molecular weight is 319 g/mol. The van der Waals surface area contributed by atoms with Crippen LogP contribution < -0.4 is 10.6 Å². The van der Waals surface area contributed by atoms with Crippen molar-refractivity contribution in [3.63, 3.8) is 0 Å². The van der Waals surface area contributed by atoms with Gasteiger partial charge in [0.25, 0.3) is 0 Å². The van der Waals surface area contributed by atoms with Crippen LogP contribution in [0.25, 0.3) is 0 Å². The molecule has 2 rings (SSSR count). The molecule has 2 aromatic carbocycles. The highest BCUT2D eigenvalue weighted by atomic mass is 79.9. The Kier molecular flexibility index (Phi) is 5.00. The van der Waals surface area contributed by atoms with E-state index in [4.69, 9.17) is 5.73 Å². The average Bonchev–Trinajstić information content (AvgIpc) is 2.40. The number of rotatable bonds is 5. The molecular formula is C16H19BrN2. The SMILES string of the molecule is CN(Cc1ccccc1)c1ccc(CCN)cc1Br. The van der Waals surface area contributed by atoms with Crippen molar-refractivity contribution in [2.24, 2.45) is 5.73 Å². The Morgan fingerprint density at radius 3 is 2.42 bits per heavy atom. The van der Waals surface area contributed by atoms with Crippen LogP contribution in [0.3, 0.4) is 0 Å². The highest BCUT2D eigenvalue weighted by Gasteiger charge is 2.07. The molecule has 0 saturated heterocycles. The third kappa shape index (κ3) is 3.82. The summed E-state index contributed by atoms with van der Waals surface area (Å²) in [6.07, 6.45) is 0.918. The second kappa shape index (κ2) is 6.73. The van der Waals surface area contributed by atoms with Gasteiger partial charge in [-0.15, -0.1) is 0 Å². The van der Waals surface area contributed by atoms with E-state index in [1.165, 1.54) is 16.8 Å². The molecule has 0 heterocycles. The molecule has 0 unspecified atom stereocenters. The Bertz CT molecular complexity index is 526. The van der Waals surface area contributed by atoms with Crippen molar-refractivity contribution in [2.45, 2.75) is 13.0 Å². The first-order chi connectivity index (χ1) is 9.20. The topological polar surface area (TPSA) is 29.3 Å². The zero-order valence-corrected chi connectivity index (χ0v) is 12.7. The fourth-order valence-corrected chi connectivity index (χ4v) is 2.85. The molecule has 100 valence electrons. The molecule has 19 heavy (non-hydrogen) atoms. The van der Waals surface area contributed by atoms with E-state index in [1.807, 2.05) is 6.07 Å². The van der Waals surface area contributed by atoms with Crippen molar-refractivity contribution in [2.75, 3.05) is 18.5 Å². The Morgan fingerprint density at radius 2 is 1.79 bits per heavy atom. The standard InChI is InChI=1S/C16H19BrN2/c1-19(12-14-5-3-2-4-6-14)16-8-7-13(9-10-18)11-15(16)17/h2-8,11H,9-10,12,18H2,1H3. The molecule has 0 spiro atoms. The minimum Gasteiger partial charge on any atom is -0.369 e. The summed E-state index contributed by atoms with van der Waals surface area (Å²) in [5.41, 5.74) is 9.36. The fraction of sp³-hybridized carbons (Fsp3) is 0.250. The van der Waals surface area contributed by atoms with E-state index in [0.717, 1.165) is 17.4 Å². The number of benzene rings is 2. The van der Waals surface area contributed by atoms with Crippen LogP contribution >= 0.6 is 15.9 Å². The third-order valence-corrected chi connectivity index (χ3v) is 3.75. The van der Waals surface area contributed by atoms with Gasteiger partial charge in [0.2, 0.25) is 0 Å². The summed E-state index contributed by atoms with van der Waals surface area (Å²) >= 11 is 3.65. The van der Waals surface area contributed by atoms with Gasteiger partial charge in [0.05, 0.1) is 5.69 Å². The van der Waals surface area contributed by atoms with Crippen molar-refractivity contribution in [1.82, 2.24) is 0 Å². The van der Waals surface area contributed by atoms with Crippen LogP contribution in [0.15, 0.2) is 53.0 Å². The van der Waals surface area contributed by atoms with Gasteiger partial charge in [-0.05, 0) is 52.2 Å². The lowest BCUT2D eigenvalue weighted by Gasteiger charge is -2.21. The lowest BCUT2D eigenvalue weighted by molar-refractivity contribution is 0.915. The molecule has 0 atom stereocenters. The maximum atomic E-state index is 5.58. The summed E-state index contributed by atoms with van der Waals surface area (Å²) in [7, 11) is 2.11. The zero-order chi connectivity index (χ0) is 13.7. The van der Waals surface area contributed by atoms with Gasteiger partial charge in [0, 0.05) is 18.1 Å². The number of hydrogen-bond acceptors (Lipinski definition) is 2. The lowest BCUT2D eigenvalue weighted by Crippen LogP contribution is -2.17. The quantitative estimate of drug-likeness (QED) is 0.912. The van der Waals surface area contributed by atoms with E-state index in [2.05, 4.69) is 70.3 Å². The molecule has 0 fully saturated rings. The molecule has 0 saturated carbocycles. The fourth-order valence-electron chi connectivity index (χ4n) is 2.12. The summed E-state index contributed by atoms with van der Waals surface area (Å²) in [6, 6.07) is 16.9. The van der Waals surface area contributed by atoms with Crippen LogP contribution in [0, 0.1) is 0 Å². The Morgan fingerprint density at radius 1 is 1.05 bits per heavy atom. The Labute approximate surface area is 123 Å². The summed E-state index contributed by atoms with van der Waals surface area (Å²) < 4.78 is 1.12. The zero-order valence-electron chi connectivity index (χ0n) is 11.1. The van der Waals surface area contributed by atoms with Crippen molar-refractivity contribution < 1.29 is 0 Å². The summed E-state index contributed by atoms with van der Waals surface area (Å²) in [5, 5.41) is 0. The van der Waals surface area contributed by atoms with E-state index >= 15 is 0 Å². The highest BCUT2D eigenvalue weighted by Crippen LogP contribution is 2.27. The minimum absolute atomic E-state index is 0.686. The van der Waals surface area contributed by atoms with Gasteiger partial charge in [-0.1, -0.05) is 36.4 Å². The summed E-state index contributed by atoms with van der Waals surface area (Å²) in [4.78, 5) is 2.24. The predicted octanol–water partition coefficient (Wildman–Crippen LogP) is 3.59. The molecule has 0 bridgehead atoms. The molecule has 0 aliphatic carbocycles. The molecule has 3 heteroatoms. The third-order valence-electron chi connectivity index (χ3n) is 3.12. The van der Waals surface area contributed by atoms with Crippen molar-refractivity contribution >= 4 is 21.6 Å². The molecule has 0 aliphatic rings. The van der Waals surface area contributed by atoms with Crippen molar-refractivity contribution in [3.8, 4) is 0 Å². The first-order valence-electron chi connectivity index (χ1n) is 6.44. The summed E-state index contributed by atoms with van der Waals surface area (Å²) in [6.45, 7) is 1.58. The van der Waals surface area contributed by atoms with Crippen LogP contribution in [-0.2, 0) is 13.0 Å². The van der Waals surface area contributed by atoms with E-state index in [1.54, 1.807) is 0 Å². The van der Waals surface area contributed by atoms with Gasteiger partial charge in [-0.2, -0.15) is 0 Å². The monoisotopic (exact) mass is 318 g/mol. The normalized spacial score (nSPS) is 10.5. The maximum Gasteiger partial charge on any atom is 0.0511 e. The van der Waals surface area contributed by atoms with Gasteiger partial charge in [0.15, 0.2) is 0 Å². The van der Waals surface area contributed by atoms with Gasteiger partial charge in [-0.3, -0.25) is 0 Å². The molecule has 2 nitrogen and oxygen atoms in total. The van der Waals surface area contributed by atoms with E-state index in [-0.39, 0.29) is 0 Å². The maximum absolute atomic E-state index is 5.58. The minimum atomic E-state index is 0.686. The van der Waals surface area contributed by atoms with Gasteiger partial charge in [-0.25, -0.2) is 0 Å². The molecule has 2 aromatic rings. The number of halogens is 1. The lowest BCUT2D eigenvalue weighted by atomic mass is 10.1. The highest BCUT2D eigenvalue weighted by molar-refractivity contribution is 9.10. The van der Waals surface area contributed by atoms with Crippen LogP contribution in [0.5, 0.6) is 0 Å². The molecule has 0 aliphatic heterocycles. The number of anilines is 1. The van der Waals surface area contributed by atoms with Crippen LogP contribution in [0.2, 0.25) is 0 Å². The van der Waals surface area contributed by atoms with Crippen LogP contribution in [0.4, 0.5) is 5.69 Å². The van der Waals surface area contributed by atoms with E-state index in [0.29, 0.717) is 6.54 Å². The first-order valence-corrected chi connectivity index (χ1v) is 7.23. The molecule has 2 N–H and O–H groups in total. The van der Waals surface area contributed by atoms with E-state index in [9.17, 15) is 0 Å². The molecular weight excluding hydrogens is 300 g/mol. The van der Waals surface area contributed by atoms with Gasteiger partial charge < -0.3 is 10.6 Å². The molecule has 0 radical (unpaired) electrons. The van der Waals surface area contributed by atoms with Crippen LogP contribution in [0.1, 0.15) is 11.1 Å². The molecule has 0 amide bonds. The Hall–Kier alpha value is -1.32. The van der Waals surface area contributed by atoms with Gasteiger partial charge >= 0.3 is 0 Å². The Balaban J connectivity index is 2.13.